The van der Waals surface area contributed by atoms with E-state index in [9.17, 15) is 24.3 Å². The number of carboxylic acid groups (broad SMARTS) is 1. The number of carbonyl (C=O) groups is 4. The molecule has 2 aliphatic rings. The second-order valence-electron chi connectivity index (χ2n) is 11.0. The van der Waals surface area contributed by atoms with Gasteiger partial charge >= 0.3 is 18.0 Å². The Morgan fingerprint density at radius 3 is 2.14 bits per heavy atom. The fourth-order valence-corrected chi connectivity index (χ4v) is 5.88. The van der Waals surface area contributed by atoms with E-state index >= 15 is 0 Å². The number of nitrogens with one attached hydrogen (secondary N) is 1. The first-order valence-electron chi connectivity index (χ1n) is 14.1. The predicted octanol–water partition coefficient (Wildman–Crippen LogP) is 4.60. The van der Waals surface area contributed by atoms with E-state index in [2.05, 4.69) is 5.32 Å². The molecule has 3 aromatic rings. The summed E-state index contributed by atoms with van der Waals surface area (Å²) >= 11 is 0. The minimum absolute atomic E-state index is 0.000436. The average Bonchev–Trinajstić information content (AvgIpc) is 3.32. The van der Waals surface area contributed by atoms with Gasteiger partial charge in [-0.05, 0) is 40.2 Å². The molecule has 0 radical (unpaired) electrons. The molecule has 5 rings (SSSR count). The zero-order valence-corrected chi connectivity index (χ0v) is 23.4. The quantitative estimate of drug-likeness (QED) is 0.361. The van der Waals surface area contributed by atoms with Crippen LogP contribution in [0.2, 0.25) is 0 Å². The van der Waals surface area contributed by atoms with Crippen molar-refractivity contribution in [2.24, 2.45) is 11.8 Å². The number of amides is 2. The van der Waals surface area contributed by atoms with Crippen molar-refractivity contribution in [3.05, 3.63) is 95.6 Å². The highest BCUT2D eigenvalue weighted by Crippen LogP contribution is 2.44. The van der Waals surface area contributed by atoms with Gasteiger partial charge in [-0.3, -0.25) is 14.4 Å². The van der Waals surface area contributed by atoms with Gasteiger partial charge in [-0.25, -0.2) is 4.79 Å². The van der Waals surface area contributed by atoms with Crippen molar-refractivity contribution in [3.8, 4) is 11.1 Å². The highest BCUT2D eigenvalue weighted by atomic mass is 16.5. The molecule has 0 spiro atoms. The predicted molar refractivity (Wildman–Crippen MR) is 154 cm³/mol. The highest BCUT2D eigenvalue weighted by molar-refractivity contribution is 5.90. The maximum atomic E-state index is 13.6. The minimum Gasteiger partial charge on any atom is -0.481 e. The molecule has 1 heterocycles. The maximum Gasteiger partial charge on any atom is 0.407 e. The van der Waals surface area contributed by atoms with Crippen molar-refractivity contribution >= 4 is 23.9 Å². The number of nitrogens with zero attached hydrogens (tertiary/aromatic N) is 1. The number of benzene rings is 3. The third-order valence-electron chi connectivity index (χ3n) is 7.87. The molecule has 1 aliphatic heterocycles. The van der Waals surface area contributed by atoms with Crippen molar-refractivity contribution in [2.45, 2.75) is 38.3 Å². The SMILES string of the molecule is CC1CC(C(=O)O)CN(C(=O)[C@H](CC(=O)OCc2ccccc2)NC(=O)OCC2c3ccccc3-c3ccccc32)C1. The van der Waals surface area contributed by atoms with Crippen LogP contribution in [0.1, 0.15) is 42.4 Å². The van der Waals surface area contributed by atoms with Gasteiger partial charge in [-0.2, -0.15) is 0 Å². The summed E-state index contributed by atoms with van der Waals surface area (Å²) in [5.74, 6) is -3.15. The lowest BCUT2D eigenvalue weighted by Gasteiger charge is -2.36. The lowest BCUT2D eigenvalue weighted by molar-refractivity contribution is -0.151. The molecule has 2 amide bonds. The summed E-state index contributed by atoms with van der Waals surface area (Å²) < 4.78 is 11.0. The number of carbonyl (C=O) groups excluding carboxylic acids is 3. The fraction of sp³-hybridized carbons (Fsp3) is 0.333. The van der Waals surface area contributed by atoms with Crippen LogP contribution in [0.5, 0.6) is 0 Å². The number of ether oxygens (including phenoxy) is 2. The van der Waals surface area contributed by atoms with E-state index in [4.69, 9.17) is 9.47 Å². The molecule has 0 bridgehead atoms. The van der Waals surface area contributed by atoms with Crippen molar-refractivity contribution < 1.29 is 33.8 Å². The van der Waals surface area contributed by atoms with Crippen molar-refractivity contribution in [1.82, 2.24) is 10.2 Å². The number of rotatable bonds is 9. The van der Waals surface area contributed by atoms with Gasteiger partial charge in [0.1, 0.15) is 19.3 Å². The Hall–Kier alpha value is -4.66. The van der Waals surface area contributed by atoms with Gasteiger partial charge in [-0.15, -0.1) is 0 Å². The van der Waals surface area contributed by atoms with Gasteiger partial charge in [0.05, 0.1) is 12.3 Å². The topological polar surface area (TPSA) is 122 Å². The van der Waals surface area contributed by atoms with Crippen LogP contribution in [-0.2, 0) is 30.5 Å². The van der Waals surface area contributed by atoms with E-state index < -0.39 is 42.3 Å². The first-order chi connectivity index (χ1) is 20.3. The van der Waals surface area contributed by atoms with Crippen molar-refractivity contribution in [3.63, 3.8) is 0 Å². The Labute approximate surface area is 244 Å². The maximum absolute atomic E-state index is 13.6. The summed E-state index contributed by atoms with van der Waals surface area (Å²) in [7, 11) is 0. The lowest BCUT2D eigenvalue weighted by Crippen LogP contribution is -2.54. The second-order valence-corrected chi connectivity index (χ2v) is 11.0. The molecule has 2 N–H and O–H groups in total. The Kier molecular flexibility index (Phi) is 8.85. The molecular weight excluding hydrogens is 536 g/mol. The third-order valence-corrected chi connectivity index (χ3v) is 7.87. The number of aliphatic carboxylic acids is 1. The van der Waals surface area contributed by atoms with Crippen LogP contribution in [0.25, 0.3) is 11.1 Å². The first kappa shape index (κ1) is 28.9. The molecule has 0 aromatic heterocycles. The fourth-order valence-electron chi connectivity index (χ4n) is 5.88. The Bertz CT molecular complexity index is 1410. The van der Waals surface area contributed by atoms with E-state index in [-0.39, 0.29) is 31.6 Å². The summed E-state index contributed by atoms with van der Waals surface area (Å²) in [6.45, 7) is 2.26. The number of piperidine rings is 1. The number of likely N-dealkylation sites (tertiary alicyclic amines) is 1. The Morgan fingerprint density at radius 1 is 0.881 bits per heavy atom. The van der Waals surface area contributed by atoms with Crippen LogP contribution >= 0.6 is 0 Å². The number of alkyl carbamates (subject to hydrolysis) is 1. The van der Waals surface area contributed by atoms with E-state index in [0.29, 0.717) is 13.0 Å². The van der Waals surface area contributed by atoms with Crippen LogP contribution in [-0.4, -0.2) is 59.7 Å². The lowest BCUT2D eigenvalue weighted by atomic mass is 9.90. The highest BCUT2D eigenvalue weighted by Gasteiger charge is 2.37. The van der Waals surface area contributed by atoms with Crippen LogP contribution in [0.4, 0.5) is 4.79 Å². The molecule has 0 saturated carbocycles. The minimum atomic E-state index is -1.27. The summed E-state index contributed by atoms with van der Waals surface area (Å²) in [6, 6.07) is 23.7. The monoisotopic (exact) mass is 570 g/mol. The normalized spacial score (nSPS) is 18.4. The first-order valence-corrected chi connectivity index (χ1v) is 14.1. The van der Waals surface area contributed by atoms with Gasteiger partial charge < -0.3 is 24.8 Å². The molecule has 3 aromatic carbocycles. The van der Waals surface area contributed by atoms with E-state index in [1.54, 1.807) is 0 Å². The van der Waals surface area contributed by atoms with Crippen molar-refractivity contribution in [1.29, 1.82) is 0 Å². The molecule has 1 fully saturated rings. The number of fused-ring (bicyclic) bond motifs is 3. The molecule has 218 valence electrons. The van der Waals surface area contributed by atoms with Gasteiger partial charge in [0.15, 0.2) is 0 Å². The standard InChI is InChI=1S/C33H34N2O7/c1-21-15-23(32(38)39)18-35(17-21)31(37)29(16-30(36)41-19-22-9-3-2-4-10-22)34-33(40)42-20-28-26-13-7-5-11-24(26)25-12-6-8-14-27(25)28/h2-14,21,23,28-29H,15-20H2,1H3,(H,34,40)(H,38,39)/t21?,23?,29-/m0/s1. The van der Waals surface area contributed by atoms with E-state index in [1.807, 2.05) is 85.8 Å². The van der Waals surface area contributed by atoms with Gasteiger partial charge in [0, 0.05) is 19.0 Å². The number of carboxylic acids is 1. The van der Waals surface area contributed by atoms with Crippen LogP contribution in [0.3, 0.4) is 0 Å². The molecule has 2 unspecified atom stereocenters. The van der Waals surface area contributed by atoms with Crippen LogP contribution in [0, 0.1) is 11.8 Å². The smallest absolute Gasteiger partial charge is 0.407 e. The summed E-state index contributed by atoms with van der Waals surface area (Å²) in [5.41, 5.74) is 5.05. The Balaban J connectivity index is 1.27. The molecule has 1 aliphatic carbocycles. The van der Waals surface area contributed by atoms with E-state index in [0.717, 1.165) is 27.8 Å². The van der Waals surface area contributed by atoms with E-state index in [1.165, 1.54) is 4.90 Å². The molecule has 1 saturated heterocycles. The van der Waals surface area contributed by atoms with Gasteiger partial charge in [-0.1, -0.05) is 85.8 Å². The summed E-state index contributed by atoms with van der Waals surface area (Å²) in [4.78, 5) is 52.6. The Morgan fingerprint density at radius 2 is 1.50 bits per heavy atom. The molecule has 9 heteroatoms. The largest absolute Gasteiger partial charge is 0.481 e. The number of hydrogen-bond donors (Lipinski definition) is 2. The zero-order chi connectivity index (χ0) is 29.6. The van der Waals surface area contributed by atoms with Gasteiger partial charge in [0.2, 0.25) is 5.91 Å². The second kappa shape index (κ2) is 12.9. The average molecular weight is 571 g/mol. The zero-order valence-electron chi connectivity index (χ0n) is 23.4. The summed E-state index contributed by atoms with van der Waals surface area (Å²) in [6.07, 6.45) is -0.813. The third kappa shape index (κ3) is 6.62. The number of esters is 1. The van der Waals surface area contributed by atoms with Crippen molar-refractivity contribution in [2.75, 3.05) is 19.7 Å². The van der Waals surface area contributed by atoms with Crippen LogP contribution < -0.4 is 5.32 Å². The molecule has 9 nitrogen and oxygen atoms in total. The summed E-state index contributed by atoms with van der Waals surface area (Å²) in [5, 5.41) is 12.1. The van der Waals surface area contributed by atoms with Crippen LogP contribution in [0.15, 0.2) is 78.9 Å². The van der Waals surface area contributed by atoms with Gasteiger partial charge in [0.25, 0.3) is 0 Å². The molecule has 42 heavy (non-hydrogen) atoms. The molecular formula is C33H34N2O7. The molecule has 3 atom stereocenters. The number of hydrogen-bond acceptors (Lipinski definition) is 6.